The van der Waals surface area contributed by atoms with Crippen molar-refractivity contribution in [1.82, 2.24) is 0 Å². The van der Waals surface area contributed by atoms with E-state index in [-0.39, 0.29) is 23.1 Å². The maximum atomic E-state index is 12.8. The second-order valence-electron chi connectivity index (χ2n) is 5.40. The van der Waals surface area contributed by atoms with Crippen LogP contribution in [0.2, 0.25) is 5.02 Å². The van der Waals surface area contributed by atoms with Crippen LogP contribution in [0.15, 0.2) is 35.2 Å². The van der Waals surface area contributed by atoms with Crippen LogP contribution in [0.4, 0.5) is 11.4 Å². The number of methoxy groups -OCH3 is 1. The molecular weight excluding hydrogens is 368 g/mol. The molecule has 0 saturated carbocycles. The van der Waals surface area contributed by atoms with Gasteiger partial charge < -0.3 is 14.8 Å². The van der Waals surface area contributed by atoms with Crippen molar-refractivity contribution >= 4 is 38.9 Å². The van der Waals surface area contributed by atoms with Gasteiger partial charge in [-0.15, -0.1) is 0 Å². The minimum atomic E-state index is -3.92. The number of amides is 1. The molecule has 1 aliphatic heterocycles. The molecule has 0 atom stereocenters. The zero-order valence-corrected chi connectivity index (χ0v) is 15.0. The normalized spacial score (nSPS) is 13.5. The van der Waals surface area contributed by atoms with E-state index in [0.717, 1.165) is 0 Å². The van der Waals surface area contributed by atoms with Crippen LogP contribution in [-0.2, 0) is 14.8 Å². The lowest BCUT2D eigenvalue weighted by atomic mass is 10.2. The lowest BCUT2D eigenvalue weighted by Crippen LogP contribution is -2.26. The van der Waals surface area contributed by atoms with Crippen molar-refractivity contribution in [2.75, 3.05) is 23.8 Å². The molecule has 2 N–H and O–H groups in total. The van der Waals surface area contributed by atoms with Crippen LogP contribution in [0.5, 0.6) is 11.5 Å². The quantitative estimate of drug-likeness (QED) is 0.848. The molecule has 1 heterocycles. The molecule has 25 heavy (non-hydrogen) atoms. The molecule has 7 nitrogen and oxygen atoms in total. The molecular formula is C16H15ClN2O5S. The summed E-state index contributed by atoms with van der Waals surface area (Å²) < 4.78 is 38.5. The Bertz CT molecular complexity index is 959. The summed E-state index contributed by atoms with van der Waals surface area (Å²) in [5, 5.41) is 3.01. The molecule has 0 aliphatic carbocycles. The number of hydrogen-bond acceptors (Lipinski definition) is 5. The summed E-state index contributed by atoms with van der Waals surface area (Å²) in [5.74, 6) is 0.347. The average Bonchev–Trinajstić information content (AvgIpc) is 2.53. The summed E-state index contributed by atoms with van der Waals surface area (Å²) in [6, 6.07) is 7.55. The highest BCUT2D eigenvalue weighted by molar-refractivity contribution is 7.92. The fraction of sp³-hybridized carbons (Fsp3) is 0.188. The Kier molecular flexibility index (Phi) is 4.49. The summed E-state index contributed by atoms with van der Waals surface area (Å²) in [4.78, 5) is 11.4. The Hall–Kier alpha value is -2.45. The third-order valence-electron chi connectivity index (χ3n) is 3.61. The van der Waals surface area contributed by atoms with Gasteiger partial charge in [-0.05, 0) is 36.8 Å². The number of nitrogens with one attached hydrogen (secondary N) is 2. The van der Waals surface area contributed by atoms with Gasteiger partial charge in [-0.25, -0.2) is 8.42 Å². The molecule has 2 aromatic carbocycles. The average molecular weight is 383 g/mol. The summed E-state index contributed by atoms with van der Waals surface area (Å²) in [6.07, 6.45) is 0. The Morgan fingerprint density at radius 1 is 1.28 bits per heavy atom. The van der Waals surface area contributed by atoms with Crippen LogP contribution >= 0.6 is 11.6 Å². The number of rotatable bonds is 4. The van der Waals surface area contributed by atoms with E-state index >= 15 is 0 Å². The van der Waals surface area contributed by atoms with Gasteiger partial charge in [-0.3, -0.25) is 9.52 Å². The Morgan fingerprint density at radius 3 is 2.76 bits per heavy atom. The lowest BCUT2D eigenvalue weighted by Gasteiger charge is -2.20. The number of benzene rings is 2. The zero-order chi connectivity index (χ0) is 18.2. The number of hydrogen-bond donors (Lipinski definition) is 2. The maximum absolute atomic E-state index is 12.8. The molecule has 0 bridgehead atoms. The highest BCUT2D eigenvalue weighted by Crippen LogP contribution is 2.35. The highest BCUT2D eigenvalue weighted by Gasteiger charge is 2.24. The second-order valence-corrected chi connectivity index (χ2v) is 7.49. The SMILES string of the molecule is COc1ccc(Cl)cc1NS(=O)(=O)c1cc2c(cc1C)NC(=O)CO2. The molecule has 3 rings (SSSR count). The van der Waals surface area contributed by atoms with Gasteiger partial charge in [-0.2, -0.15) is 0 Å². The maximum Gasteiger partial charge on any atom is 0.262 e. The first-order chi connectivity index (χ1) is 11.8. The summed E-state index contributed by atoms with van der Waals surface area (Å²) >= 11 is 5.94. The van der Waals surface area contributed by atoms with Crippen molar-refractivity contribution < 1.29 is 22.7 Å². The van der Waals surface area contributed by atoms with Crippen molar-refractivity contribution in [2.45, 2.75) is 11.8 Å². The van der Waals surface area contributed by atoms with E-state index in [2.05, 4.69) is 10.0 Å². The Morgan fingerprint density at radius 2 is 2.04 bits per heavy atom. The molecule has 0 saturated heterocycles. The van der Waals surface area contributed by atoms with Crippen LogP contribution in [0.25, 0.3) is 0 Å². The first-order valence-corrected chi connectivity index (χ1v) is 9.10. The van der Waals surface area contributed by atoms with E-state index in [1.54, 1.807) is 25.1 Å². The van der Waals surface area contributed by atoms with E-state index in [1.807, 2.05) is 0 Å². The highest BCUT2D eigenvalue weighted by atomic mass is 35.5. The first kappa shape index (κ1) is 17.4. The molecule has 9 heteroatoms. The predicted octanol–water partition coefficient (Wildman–Crippen LogP) is 2.79. The Balaban J connectivity index is 2.01. The van der Waals surface area contributed by atoms with Gasteiger partial charge in [0.1, 0.15) is 11.5 Å². The molecule has 1 amide bonds. The third kappa shape index (κ3) is 3.49. The number of carbonyl (C=O) groups excluding carboxylic acids is 1. The molecule has 0 radical (unpaired) electrons. The zero-order valence-electron chi connectivity index (χ0n) is 13.4. The summed E-state index contributed by atoms with van der Waals surface area (Å²) in [7, 11) is -2.49. The smallest absolute Gasteiger partial charge is 0.262 e. The van der Waals surface area contributed by atoms with E-state index < -0.39 is 10.0 Å². The number of halogens is 1. The van der Waals surface area contributed by atoms with Gasteiger partial charge in [0, 0.05) is 11.1 Å². The van der Waals surface area contributed by atoms with Crippen LogP contribution in [0, 0.1) is 6.92 Å². The number of sulfonamides is 1. The summed E-state index contributed by atoms with van der Waals surface area (Å²) in [5.41, 5.74) is 1.12. The van der Waals surface area contributed by atoms with E-state index in [0.29, 0.717) is 27.8 Å². The topological polar surface area (TPSA) is 93.7 Å². The minimum absolute atomic E-state index is 0.0319. The largest absolute Gasteiger partial charge is 0.495 e. The second kappa shape index (κ2) is 6.45. The van der Waals surface area contributed by atoms with E-state index in [9.17, 15) is 13.2 Å². The van der Waals surface area contributed by atoms with Crippen LogP contribution < -0.4 is 19.5 Å². The number of aryl methyl sites for hydroxylation is 1. The molecule has 132 valence electrons. The first-order valence-electron chi connectivity index (χ1n) is 7.24. The summed E-state index contributed by atoms with van der Waals surface area (Å²) in [6.45, 7) is 1.47. The van der Waals surface area contributed by atoms with Gasteiger partial charge in [0.05, 0.1) is 23.4 Å². The number of anilines is 2. The van der Waals surface area contributed by atoms with Gasteiger partial charge in [-0.1, -0.05) is 11.6 Å². The van der Waals surface area contributed by atoms with Gasteiger partial charge in [0.15, 0.2) is 6.61 Å². The van der Waals surface area contributed by atoms with Crippen LogP contribution in [0.1, 0.15) is 5.56 Å². The van der Waals surface area contributed by atoms with Crippen molar-refractivity contribution in [3.63, 3.8) is 0 Å². The molecule has 0 fully saturated rings. The van der Waals surface area contributed by atoms with Crippen molar-refractivity contribution in [3.8, 4) is 11.5 Å². The predicted molar refractivity (Wildman–Crippen MR) is 94.1 cm³/mol. The number of fused-ring (bicyclic) bond motifs is 1. The van der Waals surface area contributed by atoms with Crippen molar-refractivity contribution in [3.05, 3.63) is 40.9 Å². The monoisotopic (exact) mass is 382 g/mol. The lowest BCUT2D eigenvalue weighted by molar-refractivity contribution is -0.118. The standard InChI is InChI=1S/C16H15ClN2O5S/c1-9-5-11-14(24-8-16(20)18-11)7-15(9)25(21,22)19-12-6-10(17)3-4-13(12)23-2/h3-7,19H,8H2,1-2H3,(H,18,20). The van der Waals surface area contributed by atoms with Crippen LogP contribution in [0.3, 0.4) is 0 Å². The van der Waals surface area contributed by atoms with Crippen molar-refractivity contribution in [1.29, 1.82) is 0 Å². The molecule has 0 aromatic heterocycles. The fourth-order valence-electron chi connectivity index (χ4n) is 2.47. The third-order valence-corrected chi connectivity index (χ3v) is 5.35. The van der Waals surface area contributed by atoms with Gasteiger partial charge in [0.2, 0.25) is 0 Å². The number of ether oxygens (including phenoxy) is 2. The molecule has 1 aliphatic rings. The van der Waals surface area contributed by atoms with Gasteiger partial charge >= 0.3 is 0 Å². The molecule has 0 spiro atoms. The van der Waals surface area contributed by atoms with Crippen LogP contribution in [-0.4, -0.2) is 28.0 Å². The Labute approximate surface area is 149 Å². The number of carbonyl (C=O) groups is 1. The minimum Gasteiger partial charge on any atom is -0.495 e. The molecule has 0 unspecified atom stereocenters. The van der Waals surface area contributed by atoms with E-state index in [4.69, 9.17) is 21.1 Å². The van der Waals surface area contributed by atoms with E-state index in [1.165, 1.54) is 19.2 Å². The van der Waals surface area contributed by atoms with Gasteiger partial charge in [0.25, 0.3) is 15.9 Å². The molecule has 2 aromatic rings. The van der Waals surface area contributed by atoms with Crippen molar-refractivity contribution in [2.24, 2.45) is 0 Å². The fourth-order valence-corrected chi connectivity index (χ4v) is 3.94.